The highest BCUT2D eigenvalue weighted by Gasteiger charge is 1.80. The standard InChI is InChI=1S/C5H10N2O/c1-7-3-2-5(6)4-8/h2-3,8H,4,6H2,1H3/p+1. The molecule has 0 aliphatic carbocycles. The minimum atomic E-state index is -0.0851. The average molecular weight is 115 g/mol. The number of hydrogen-bond acceptors (Lipinski definition) is 2. The van der Waals surface area contributed by atoms with Crippen molar-refractivity contribution < 1.29 is 10.1 Å². The zero-order valence-electron chi connectivity index (χ0n) is 4.89. The van der Waals surface area contributed by atoms with Gasteiger partial charge >= 0.3 is 0 Å². The molecule has 0 aromatic heterocycles. The van der Waals surface area contributed by atoms with E-state index in [2.05, 4.69) is 4.99 Å². The zero-order chi connectivity index (χ0) is 6.41. The minimum Gasteiger partial charge on any atom is -0.400 e. The first-order valence-corrected chi connectivity index (χ1v) is 2.37. The van der Waals surface area contributed by atoms with Gasteiger partial charge in [-0.2, -0.15) is 0 Å². The van der Waals surface area contributed by atoms with Crippen LogP contribution in [0.4, 0.5) is 0 Å². The van der Waals surface area contributed by atoms with E-state index in [1.807, 2.05) is 0 Å². The third-order valence-corrected chi connectivity index (χ3v) is 0.647. The minimum absolute atomic E-state index is 0.0851. The van der Waals surface area contributed by atoms with E-state index in [0.717, 1.165) is 0 Å². The Balaban J connectivity index is 3.57. The molecule has 0 saturated heterocycles. The number of hydrogen-bond donors (Lipinski definition) is 3. The molecule has 0 rings (SSSR count). The number of nitrogens with two attached hydrogens (primary N) is 1. The highest BCUT2D eigenvalue weighted by molar-refractivity contribution is 5.66. The quantitative estimate of drug-likeness (QED) is 0.351. The van der Waals surface area contributed by atoms with E-state index < -0.39 is 0 Å². The molecular weight excluding hydrogens is 104 g/mol. The Bertz CT molecular complexity index is 107. The van der Waals surface area contributed by atoms with Crippen LogP contribution in [0.25, 0.3) is 0 Å². The summed E-state index contributed by atoms with van der Waals surface area (Å²) < 4.78 is 0. The molecule has 3 nitrogen and oxygen atoms in total. The number of nitrogens with one attached hydrogen (secondary N) is 1. The van der Waals surface area contributed by atoms with Crippen molar-refractivity contribution in [3.8, 4) is 0 Å². The molecule has 3 heteroatoms. The summed E-state index contributed by atoms with van der Waals surface area (Å²) in [5.74, 6) is 0. The molecule has 0 spiro atoms. The lowest BCUT2D eigenvalue weighted by Gasteiger charge is -1.85. The fourth-order valence-electron chi connectivity index (χ4n) is 0.243. The fourth-order valence-corrected chi connectivity index (χ4v) is 0.243. The van der Waals surface area contributed by atoms with Crippen molar-refractivity contribution in [2.24, 2.45) is 5.73 Å². The van der Waals surface area contributed by atoms with Crippen LogP contribution in [0.2, 0.25) is 0 Å². The van der Waals surface area contributed by atoms with Crippen LogP contribution in [0, 0.1) is 0 Å². The smallest absolute Gasteiger partial charge is 0.163 e. The van der Waals surface area contributed by atoms with Crippen LogP contribution >= 0.6 is 0 Å². The topological polar surface area (TPSA) is 60.2 Å². The lowest BCUT2D eigenvalue weighted by molar-refractivity contribution is -0.413. The van der Waals surface area contributed by atoms with E-state index in [1.165, 1.54) is 0 Å². The first kappa shape index (κ1) is 7.17. The summed E-state index contributed by atoms with van der Waals surface area (Å²) in [5, 5.41) is 8.32. The lowest BCUT2D eigenvalue weighted by atomic mass is 10.4. The molecule has 0 aliphatic rings. The second-order valence-electron chi connectivity index (χ2n) is 1.36. The van der Waals surface area contributed by atoms with Crippen molar-refractivity contribution in [2.75, 3.05) is 13.7 Å². The van der Waals surface area contributed by atoms with Crippen LogP contribution in [0.1, 0.15) is 0 Å². The Morgan fingerprint density at radius 3 is 2.88 bits per heavy atom. The summed E-state index contributed by atoms with van der Waals surface area (Å²) in [7, 11) is 1.77. The monoisotopic (exact) mass is 115 g/mol. The summed E-state index contributed by atoms with van der Waals surface area (Å²) in [6, 6.07) is 0. The molecule has 0 aromatic rings. The van der Waals surface area contributed by atoms with Crippen molar-refractivity contribution in [3.05, 3.63) is 11.8 Å². The number of rotatable bonds is 2. The van der Waals surface area contributed by atoms with Gasteiger partial charge in [0.15, 0.2) is 6.21 Å². The lowest BCUT2D eigenvalue weighted by Crippen LogP contribution is -2.62. The first-order valence-electron chi connectivity index (χ1n) is 2.37. The highest BCUT2D eigenvalue weighted by Crippen LogP contribution is 1.72. The zero-order valence-corrected chi connectivity index (χ0v) is 4.89. The van der Waals surface area contributed by atoms with E-state index >= 15 is 0 Å². The molecule has 46 valence electrons. The highest BCUT2D eigenvalue weighted by atomic mass is 16.3. The van der Waals surface area contributed by atoms with Crippen LogP contribution < -0.4 is 10.7 Å². The van der Waals surface area contributed by atoms with Crippen molar-refractivity contribution in [1.29, 1.82) is 0 Å². The molecule has 4 N–H and O–H groups in total. The van der Waals surface area contributed by atoms with E-state index in [-0.39, 0.29) is 6.61 Å². The Hall–Kier alpha value is -0.830. The molecule has 0 atom stereocenters. The second-order valence-corrected chi connectivity index (χ2v) is 1.36. The van der Waals surface area contributed by atoms with Crippen molar-refractivity contribution >= 4 is 6.21 Å². The Labute approximate surface area is 48.5 Å². The summed E-state index contributed by atoms with van der Waals surface area (Å²) in [4.78, 5) is 2.74. The van der Waals surface area contributed by atoms with Crippen molar-refractivity contribution in [2.45, 2.75) is 0 Å². The third kappa shape index (κ3) is 3.36. The van der Waals surface area contributed by atoms with Gasteiger partial charge in [-0.25, -0.2) is 0 Å². The van der Waals surface area contributed by atoms with Gasteiger partial charge in [0.05, 0.1) is 6.61 Å². The predicted octanol–water partition coefficient (Wildman–Crippen LogP) is -2.40. The average Bonchev–Trinajstić information content (AvgIpc) is 1.83. The largest absolute Gasteiger partial charge is 0.400 e. The van der Waals surface area contributed by atoms with E-state index in [0.29, 0.717) is 5.70 Å². The maximum atomic E-state index is 8.32. The van der Waals surface area contributed by atoms with Gasteiger partial charge in [-0.3, -0.25) is 4.99 Å². The number of aliphatic hydroxyl groups is 1. The molecular formula is C5H11N2O+. The molecule has 0 saturated carbocycles. The molecule has 0 radical (unpaired) electrons. The van der Waals surface area contributed by atoms with Gasteiger partial charge in [0.2, 0.25) is 0 Å². The number of allylic oxidation sites excluding steroid dienone is 1. The maximum absolute atomic E-state index is 8.32. The molecule has 0 aromatic carbocycles. The molecule has 0 heterocycles. The van der Waals surface area contributed by atoms with E-state index in [9.17, 15) is 0 Å². The molecule has 0 bridgehead atoms. The Morgan fingerprint density at radius 2 is 2.50 bits per heavy atom. The van der Waals surface area contributed by atoms with Crippen LogP contribution in [0.3, 0.4) is 0 Å². The van der Waals surface area contributed by atoms with Gasteiger partial charge in [-0.05, 0) is 0 Å². The van der Waals surface area contributed by atoms with Gasteiger partial charge in [0, 0.05) is 11.8 Å². The van der Waals surface area contributed by atoms with Crippen molar-refractivity contribution in [1.82, 2.24) is 0 Å². The molecule has 0 aliphatic heterocycles. The molecule has 0 unspecified atom stereocenters. The van der Waals surface area contributed by atoms with Gasteiger partial charge in [0.1, 0.15) is 7.05 Å². The van der Waals surface area contributed by atoms with Gasteiger partial charge in [-0.1, -0.05) is 0 Å². The normalized spacial score (nSPS) is 13.0. The SMILES string of the molecule is C[NH+]=CC=C(N)CO. The second kappa shape index (κ2) is 4.33. The summed E-state index contributed by atoms with van der Waals surface area (Å²) >= 11 is 0. The first-order chi connectivity index (χ1) is 3.81. The third-order valence-electron chi connectivity index (χ3n) is 0.647. The Kier molecular flexibility index (Phi) is 3.88. The predicted molar refractivity (Wildman–Crippen MR) is 32.3 cm³/mol. The summed E-state index contributed by atoms with van der Waals surface area (Å²) in [6.07, 6.45) is 3.27. The van der Waals surface area contributed by atoms with Gasteiger partial charge in [-0.15, -0.1) is 0 Å². The van der Waals surface area contributed by atoms with Crippen LogP contribution in [-0.2, 0) is 0 Å². The summed E-state index contributed by atoms with van der Waals surface area (Å²) in [5.41, 5.74) is 5.66. The fraction of sp³-hybridized carbons (Fsp3) is 0.400. The van der Waals surface area contributed by atoms with Gasteiger partial charge in [0.25, 0.3) is 0 Å². The number of aliphatic hydroxyl groups excluding tert-OH is 1. The van der Waals surface area contributed by atoms with Crippen LogP contribution in [0.15, 0.2) is 11.8 Å². The van der Waals surface area contributed by atoms with Gasteiger partial charge < -0.3 is 10.8 Å². The van der Waals surface area contributed by atoms with Crippen LogP contribution in [0.5, 0.6) is 0 Å². The Morgan fingerprint density at radius 1 is 1.88 bits per heavy atom. The van der Waals surface area contributed by atoms with E-state index in [1.54, 1.807) is 19.3 Å². The summed E-state index contributed by atoms with van der Waals surface area (Å²) in [6.45, 7) is -0.0851. The maximum Gasteiger partial charge on any atom is 0.163 e. The molecule has 0 amide bonds. The van der Waals surface area contributed by atoms with E-state index in [4.69, 9.17) is 10.8 Å². The molecule has 0 fully saturated rings. The van der Waals surface area contributed by atoms with Crippen molar-refractivity contribution in [3.63, 3.8) is 0 Å². The van der Waals surface area contributed by atoms with Crippen LogP contribution in [-0.4, -0.2) is 25.0 Å². The molecule has 8 heavy (non-hydrogen) atoms.